The van der Waals surface area contributed by atoms with Crippen LogP contribution in [0.4, 0.5) is 5.69 Å². The van der Waals surface area contributed by atoms with Crippen molar-refractivity contribution in [2.45, 2.75) is 0 Å². The Morgan fingerprint density at radius 1 is 0.955 bits per heavy atom. The fourth-order valence-corrected chi connectivity index (χ4v) is 2.15. The molecule has 2 amide bonds. The molecule has 0 aromatic heterocycles. The first-order chi connectivity index (χ1) is 10.7. The van der Waals surface area contributed by atoms with Crippen LogP contribution in [0, 0.1) is 0 Å². The molecule has 0 saturated heterocycles. The molecule has 22 heavy (non-hydrogen) atoms. The highest BCUT2D eigenvalue weighted by atomic mass is 16.3. The Morgan fingerprint density at radius 2 is 1.59 bits per heavy atom. The van der Waals surface area contributed by atoms with Crippen LogP contribution in [0.1, 0.15) is 0 Å². The van der Waals surface area contributed by atoms with E-state index < -0.39 is 11.8 Å². The Hall–Kier alpha value is -2.44. The van der Waals surface area contributed by atoms with Crippen molar-refractivity contribution in [3.05, 3.63) is 42.5 Å². The number of aliphatic hydroxyl groups is 2. The molecule has 0 atom stereocenters. The Balaban J connectivity index is 2.10. The van der Waals surface area contributed by atoms with E-state index in [-0.39, 0.29) is 26.3 Å². The van der Waals surface area contributed by atoms with Crippen LogP contribution in [0.3, 0.4) is 0 Å². The molecule has 2 aromatic rings. The summed E-state index contributed by atoms with van der Waals surface area (Å²) in [6.07, 6.45) is 0. The van der Waals surface area contributed by atoms with Gasteiger partial charge in [0.25, 0.3) is 0 Å². The highest BCUT2D eigenvalue weighted by molar-refractivity contribution is 6.39. The number of nitrogens with zero attached hydrogens (tertiary/aromatic N) is 1. The van der Waals surface area contributed by atoms with Crippen molar-refractivity contribution in [3.63, 3.8) is 0 Å². The predicted octanol–water partition coefficient (Wildman–Crippen LogP) is 0.591. The molecule has 0 spiro atoms. The summed E-state index contributed by atoms with van der Waals surface area (Å²) in [5, 5.41) is 22.3. The lowest BCUT2D eigenvalue weighted by molar-refractivity contribution is -0.143. The molecule has 0 aliphatic carbocycles. The van der Waals surface area contributed by atoms with Gasteiger partial charge in [0.2, 0.25) is 0 Å². The minimum absolute atomic E-state index is 0.00450. The number of carbonyl (C=O) groups is 2. The molecule has 116 valence electrons. The molecule has 2 rings (SSSR count). The average Bonchev–Trinajstić information content (AvgIpc) is 2.54. The second-order valence-corrected chi connectivity index (χ2v) is 4.76. The Morgan fingerprint density at radius 3 is 2.23 bits per heavy atom. The molecule has 2 aromatic carbocycles. The summed E-state index contributed by atoms with van der Waals surface area (Å²) in [5.41, 5.74) is 0.519. The highest BCUT2D eigenvalue weighted by Gasteiger charge is 2.21. The molecule has 6 nitrogen and oxygen atoms in total. The Bertz CT molecular complexity index is 666. The van der Waals surface area contributed by atoms with Gasteiger partial charge in [0.05, 0.1) is 13.2 Å². The Labute approximate surface area is 128 Å². The lowest BCUT2D eigenvalue weighted by Crippen LogP contribution is -2.42. The van der Waals surface area contributed by atoms with Crippen molar-refractivity contribution in [1.82, 2.24) is 4.90 Å². The smallest absolute Gasteiger partial charge is 0.313 e. The minimum atomic E-state index is -0.794. The number of benzene rings is 2. The van der Waals surface area contributed by atoms with Crippen LogP contribution < -0.4 is 5.32 Å². The summed E-state index contributed by atoms with van der Waals surface area (Å²) in [5.74, 6) is -1.58. The summed E-state index contributed by atoms with van der Waals surface area (Å²) in [7, 11) is 0. The number of carbonyl (C=O) groups excluding carboxylic acids is 2. The molecule has 0 bridgehead atoms. The number of aliphatic hydroxyl groups excluding tert-OH is 2. The van der Waals surface area contributed by atoms with Gasteiger partial charge in [0.1, 0.15) is 0 Å². The van der Waals surface area contributed by atoms with E-state index in [0.29, 0.717) is 5.69 Å². The molecule has 0 aliphatic rings. The van der Waals surface area contributed by atoms with Crippen LogP contribution in [0.5, 0.6) is 0 Å². The molecular weight excluding hydrogens is 284 g/mol. The first-order valence-corrected chi connectivity index (χ1v) is 6.96. The van der Waals surface area contributed by atoms with Crippen LogP contribution >= 0.6 is 0 Å². The predicted molar refractivity (Wildman–Crippen MR) is 83.3 cm³/mol. The number of nitrogens with one attached hydrogen (secondary N) is 1. The number of rotatable bonds is 5. The third-order valence-electron chi connectivity index (χ3n) is 3.23. The largest absolute Gasteiger partial charge is 0.395 e. The number of fused-ring (bicyclic) bond motifs is 1. The zero-order chi connectivity index (χ0) is 15.9. The molecule has 0 fully saturated rings. The number of anilines is 1. The lowest BCUT2D eigenvalue weighted by Gasteiger charge is -2.19. The van der Waals surface area contributed by atoms with Crippen molar-refractivity contribution in [2.24, 2.45) is 0 Å². The van der Waals surface area contributed by atoms with Gasteiger partial charge in [-0.2, -0.15) is 0 Å². The van der Waals surface area contributed by atoms with Gasteiger partial charge in [0, 0.05) is 18.8 Å². The Kier molecular flexibility index (Phi) is 5.46. The summed E-state index contributed by atoms with van der Waals surface area (Å²) in [4.78, 5) is 25.1. The van der Waals surface area contributed by atoms with Crippen LogP contribution in [-0.2, 0) is 9.59 Å². The maximum atomic E-state index is 12.0. The van der Waals surface area contributed by atoms with Gasteiger partial charge in [-0.25, -0.2) is 0 Å². The van der Waals surface area contributed by atoms with E-state index >= 15 is 0 Å². The van der Waals surface area contributed by atoms with Gasteiger partial charge in [-0.1, -0.05) is 30.3 Å². The maximum absolute atomic E-state index is 12.0. The van der Waals surface area contributed by atoms with Crippen molar-refractivity contribution < 1.29 is 19.8 Å². The van der Waals surface area contributed by atoms with Crippen molar-refractivity contribution in [1.29, 1.82) is 0 Å². The van der Waals surface area contributed by atoms with Crippen LogP contribution in [0.15, 0.2) is 42.5 Å². The van der Waals surface area contributed by atoms with Gasteiger partial charge in [-0.3, -0.25) is 9.59 Å². The van der Waals surface area contributed by atoms with Crippen molar-refractivity contribution in [3.8, 4) is 0 Å². The minimum Gasteiger partial charge on any atom is -0.395 e. The lowest BCUT2D eigenvalue weighted by atomic mass is 10.1. The van der Waals surface area contributed by atoms with Gasteiger partial charge in [-0.05, 0) is 22.9 Å². The second kappa shape index (κ2) is 7.53. The zero-order valence-electron chi connectivity index (χ0n) is 12.0. The summed E-state index contributed by atoms with van der Waals surface area (Å²) in [6, 6.07) is 13.0. The van der Waals surface area contributed by atoms with E-state index in [0.717, 1.165) is 15.7 Å². The third-order valence-corrected chi connectivity index (χ3v) is 3.23. The molecule has 0 radical (unpaired) electrons. The average molecular weight is 302 g/mol. The summed E-state index contributed by atoms with van der Waals surface area (Å²) in [6.45, 7) is -0.529. The van der Waals surface area contributed by atoms with E-state index in [1.165, 1.54) is 0 Å². The molecule has 0 heterocycles. The van der Waals surface area contributed by atoms with E-state index in [1.54, 1.807) is 12.1 Å². The zero-order valence-corrected chi connectivity index (χ0v) is 12.0. The molecule has 3 N–H and O–H groups in total. The molecule has 6 heteroatoms. The van der Waals surface area contributed by atoms with Gasteiger partial charge in [-0.15, -0.1) is 0 Å². The fourth-order valence-electron chi connectivity index (χ4n) is 2.15. The van der Waals surface area contributed by atoms with E-state index in [2.05, 4.69) is 5.32 Å². The molecule has 0 unspecified atom stereocenters. The number of hydrogen-bond donors (Lipinski definition) is 3. The second-order valence-electron chi connectivity index (χ2n) is 4.76. The van der Waals surface area contributed by atoms with Crippen LogP contribution in [0.2, 0.25) is 0 Å². The molecular formula is C16H18N2O4. The maximum Gasteiger partial charge on any atom is 0.313 e. The van der Waals surface area contributed by atoms with E-state index in [4.69, 9.17) is 10.2 Å². The number of hydrogen-bond acceptors (Lipinski definition) is 4. The van der Waals surface area contributed by atoms with Crippen LogP contribution in [-0.4, -0.2) is 53.2 Å². The first kappa shape index (κ1) is 15.9. The topological polar surface area (TPSA) is 89.9 Å². The van der Waals surface area contributed by atoms with Gasteiger partial charge >= 0.3 is 11.8 Å². The third kappa shape index (κ3) is 3.81. The monoisotopic (exact) mass is 302 g/mol. The van der Waals surface area contributed by atoms with E-state index in [9.17, 15) is 9.59 Å². The summed E-state index contributed by atoms with van der Waals surface area (Å²) >= 11 is 0. The quantitative estimate of drug-likeness (QED) is 0.705. The summed E-state index contributed by atoms with van der Waals surface area (Å²) < 4.78 is 0. The fraction of sp³-hybridized carbons (Fsp3) is 0.250. The standard InChI is InChI=1S/C16H18N2O4/c19-9-7-18(8-10-20)16(22)15(21)17-14-6-5-12-3-1-2-4-13(12)11-14/h1-6,11,19-20H,7-10H2,(H,17,21). The number of amides is 2. The molecule has 0 saturated carbocycles. The van der Waals surface area contributed by atoms with Crippen LogP contribution in [0.25, 0.3) is 10.8 Å². The molecule has 0 aliphatic heterocycles. The van der Waals surface area contributed by atoms with Crippen molar-refractivity contribution in [2.75, 3.05) is 31.6 Å². The van der Waals surface area contributed by atoms with E-state index in [1.807, 2.05) is 30.3 Å². The first-order valence-electron chi connectivity index (χ1n) is 6.96. The normalized spacial score (nSPS) is 10.5. The van der Waals surface area contributed by atoms with Gasteiger partial charge < -0.3 is 20.4 Å². The highest BCUT2D eigenvalue weighted by Crippen LogP contribution is 2.18. The van der Waals surface area contributed by atoms with Gasteiger partial charge in [0.15, 0.2) is 0 Å². The van der Waals surface area contributed by atoms with Crippen molar-refractivity contribution >= 4 is 28.3 Å². The SMILES string of the molecule is O=C(Nc1ccc2ccccc2c1)C(=O)N(CCO)CCO.